The van der Waals surface area contributed by atoms with Gasteiger partial charge in [0, 0.05) is 6.20 Å². The van der Waals surface area contributed by atoms with Crippen molar-refractivity contribution in [3.05, 3.63) is 112 Å². The average molecular weight is 503 g/mol. The molecule has 1 N–H and O–H groups in total. The van der Waals surface area contributed by atoms with Crippen molar-refractivity contribution in [3.8, 4) is 0 Å². The first kappa shape index (κ1) is 26.4. The van der Waals surface area contributed by atoms with Crippen molar-refractivity contribution in [3.63, 3.8) is 0 Å². The molecular formula is C30H31FN2O4. The molecule has 2 heterocycles. The molecule has 0 fully saturated rings. The molecule has 6 nitrogen and oxygen atoms in total. The second-order valence-electron chi connectivity index (χ2n) is 9.02. The molecule has 0 atom stereocenters. The van der Waals surface area contributed by atoms with Gasteiger partial charge in [0.05, 0.1) is 33.0 Å². The van der Waals surface area contributed by atoms with Crippen LogP contribution in [-0.2, 0) is 22.5 Å². The summed E-state index contributed by atoms with van der Waals surface area (Å²) in [6.45, 7) is 5.79. The third kappa shape index (κ3) is 6.98. The Morgan fingerprint density at radius 2 is 1.84 bits per heavy atom. The zero-order valence-corrected chi connectivity index (χ0v) is 21.1. The highest BCUT2D eigenvalue weighted by Crippen LogP contribution is 2.30. The number of halogens is 1. The van der Waals surface area contributed by atoms with Crippen LogP contribution in [0.25, 0.3) is 11.6 Å². The predicted octanol–water partition coefficient (Wildman–Crippen LogP) is 5.64. The number of aryl methyl sites for hydroxylation is 1. The first-order chi connectivity index (χ1) is 17.9. The topological polar surface area (TPSA) is 71.9 Å². The van der Waals surface area contributed by atoms with Gasteiger partial charge in [-0.3, -0.25) is 15.0 Å². The molecule has 0 aliphatic carbocycles. The van der Waals surface area contributed by atoms with Gasteiger partial charge in [-0.05, 0) is 65.8 Å². The van der Waals surface area contributed by atoms with E-state index in [0.717, 1.165) is 39.0 Å². The fourth-order valence-electron chi connectivity index (χ4n) is 4.37. The highest BCUT2D eigenvalue weighted by Gasteiger charge is 2.28. The number of amides is 1. The number of aromatic nitrogens is 1. The Bertz CT molecular complexity index is 1290. The van der Waals surface area contributed by atoms with E-state index in [-0.39, 0.29) is 18.1 Å². The van der Waals surface area contributed by atoms with E-state index in [1.165, 1.54) is 12.1 Å². The number of hydrogen-bond acceptors (Lipinski definition) is 5. The summed E-state index contributed by atoms with van der Waals surface area (Å²) < 4.78 is 25.1. The molecule has 0 saturated carbocycles. The second kappa shape index (κ2) is 12.5. The zero-order chi connectivity index (χ0) is 26.2. The number of fused-ring (bicyclic) bond motifs is 1. The molecule has 3 aromatic rings. The van der Waals surface area contributed by atoms with Crippen molar-refractivity contribution in [2.75, 3.05) is 26.4 Å². The van der Waals surface area contributed by atoms with Crippen LogP contribution in [0.4, 0.5) is 4.39 Å². The number of ether oxygens (including phenoxy) is 2. The molecule has 0 radical (unpaired) electrons. The first-order valence-electron chi connectivity index (χ1n) is 12.3. The van der Waals surface area contributed by atoms with Crippen LogP contribution in [0.3, 0.4) is 0 Å². The Hall–Kier alpha value is -3.65. The van der Waals surface area contributed by atoms with Crippen LogP contribution in [0.1, 0.15) is 45.2 Å². The minimum absolute atomic E-state index is 0.204. The summed E-state index contributed by atoms with van der Waals surface area (Å²) in [6.07, 6.45) is 6.12. The van der Waals surface area contributed by atoms with E-state index < -0.39 is 5.91 Å². The van der Waals surface area contributed by atoms with Gasteiger partial charge in [-0.1, -0.05) is 60.2 Å². The molecule has 192 valence electrons. The van der Waals surface area contributed by atoms with Gasteiger partial charge in [-0.25, -0.2) is 9.45 Å². The number of pyridine rings is 1. The summed E-state index contributed by atoms with van der Waals surface area (Å²) in [5.41, 5.74) is 6.71. The largest absolute Gasteiger partial charge is 0.374 e. The van der Waals surface area contributed by atoms with Crippen LogP contribution >= 0.6 is 0 Å². The highest BCUT2D eigenvalue weighted by molar-refractivity contribution is 5.96. The van der Waals surface area contributed by atoms with Gasteiger partial charge in [0.2, 0.25) is 0 Å². The van der Waals surface area contributed by atoms with Crippen LogP contribution in [0.5, 0.6) is 0 Å². The summed E-state index contributed by atoms with van der Waals surface area (Å²) in [4.78, 5) is 16.9. The van der Waals surface area contributed by atoms with E-state index in [4.69, 9.17) is 9.47 Å². The number of carbonyl (C=O) groups is 1. The second-order valence-corrected chi connectivity index (χ2v) is 9.02. The van der Waals surface area contributed by atoms with Crippen molar-refractivity contribution in [1.29, 1.82) is 0 Å². The number of rotatable bonds is 10. The molecule has 37 heavy (non-hydrogen) atoms. The molecule has 1 aromatic heterocycles. The fraction of sp³-hybridized carbons (Fsp3) is 0.267. The van der Waals surface area contributed by atoms with Crippen molar-refractivity contribution in [2.45, 2.75) is 26.9 Å². The van der Waals surface area contributed by atoms with Crippen LogP contribution in [-0.4, -0.2) is 47.5 Å². The normalized spacial score (nSPS) is 14.2. The first-order valence-corrected chi connectivity index (χ1v) is 12.3. The summed E-state index contributed by atoms with van der Waals surface area (Å²) >= 11 is 0. The molecular weight excluding hydrogens is 471 g/mol. The quantitative estimate of drug-likeness (QED) is 0.221. The van der Waals surface area contributed by atoms with Crippen molar-refractivity contribution >= 4 is 17.6 Å². The third-order valence-corrected chi connectivity index (χ3v) is 6.11. The molecule has 0 bridgehead atoms. The average Bonchev–Trinajstić information content (AvgIpc) is 2.89. The minimum Gasteiger partial charge on any atom is -0.374 e. The number of nitrogens with zero attached hydrogens (tertiary/aromatic N) is 2. The van der Waals surface area contributed by atoms with Crippen molar-refractivity contribution in [2.24, 2.45) is 0 Å². The lowest BCUT2D eigenvalue weighted by Gasteiger charge is -2.26. The molecule has 7 heteroatoms. The van der Waals surface area contributed by atoms with E-state index in [2.05, 4.69) is 4.98 Å². The highest BCUT2D eigenvalue weighted by atomic mass is 19.1. The minimum atomic E-state index is -0.504. The fourth-order valence-corrected chi connectivity index (χ4v) is 4.37. The van der Waals surface area contributed by atoms with E-state index in [1.54, 1.807) is 18.3 Å². The Balaban J connectivity index is 1.55. The van der Waals surface area contributed by atoms with Crippen LogP contribution < -0.4 is 0 Å². The standard InChI is InChI=1S/C30H31FN2O4/c1-21(16-23-8-10-26(31)11-9-23)17-25(20-37-15-14-36-19-24-6-4-3-5-7-24)28-22(2)18-32-29-27(28)12-13-33(35)30(29)34/h3-11,16-18,35H,12-15,19-20H2,1-2H3/b21-16-,25-17-. The Labute approximate surface area is 216 Å². The number of benzene rings is 2. The van der Waals surface area contributed by atoms with Gasteiger partial charge in [0.25, 0.3) is 5.91 Å². The van der Waals surface area contributed by atoms with Gasteiger partial charge in [-0.15, -0.1) is 0 Å². The van der Waals surface area contributed by atoms with Gasteiger partial charge >= 0.3 is 0 Å². The molecule has 1 aliphatic rings. The molecule has 0 unspecified atom stereocenters. The number of carbonyl (C=O) groups excluding carboxylic acids is 1. The van der Waals surface area contributed by atoms with Gasteiger partial charge in [0.1, 0.15) is 11.5 Å². The Morgan fingerprint density at radius 3 is 2.59 bits per heavy atom. The molecule has 1 aliphatic heterocycles. The summed E-state index contributed by atoms with van der Waals surface area (Å²) in [6, 6.07) is 16.3. The summed E-state index contributed by atoms with van der Waals surface area (Å²) in [5.74, 6) is -0.786. The monoisotopic (exact) mass is 502 g/mol. The maximum absolute atomic E-state index is 13.3. The smallest absolute Gasteiger partial charge is 0.296 e. The molecule has 0 saturated heterocycles. The molecule has 1 amide bonds. The lowest BCUT2D eigenvalue weighted by molar-refractivity contribution is -0.0607. The van der Waals surface area contributed by atoms with Crippen LogP contribution in [0.15, 0.2) is 72.4 Å². The Kier molecular flexibility index (Phi) is 8.95. The van der Waals surface area contributed by atoms with Gasteiger partial charge in [0.15, 0.2) is 0 Å². The SMILES string of the molecule is CC(=C/c1ccc(F)cc1)/C=C(/COCCOCc1ccccc1)c1c(C)cnc2c1CCN(O)C2=O. The summed E-state index contributed by atoms with van der Waals surface area (Å²) in [5, 5.41) is 10.6. The van der Waals surface area contributed by atoms with E-state index in [9.17, 15) is 14.4 Å². The van der Waals surface area contributed by atoms with Gasteiger partial charge < -0.3 is 9.47 Å². The number of allylic oxidation sites excluding steroid dienone is 2. The number of hydroxylamine groups is 2. The summed E-state index contributed by atoms with van der Waals surface area (Å²) in [7, 11) is 0. The van der Waals surface area contributed by atoms with E-state index in [0.29, 0.717) is 37.9 Å². The van der Waals surface area contributed by atoms with Crippen molar-refractivity contribution in [1.82, 2.24) is 10.0 Å². The van der Waals surface area contributed by atoms with Gasteiger partial charge in [-0.2, -0.15) is 0 Å². The lowest BCUT2D eigenvalue weighted by atomic mass is 9.90. The Morgan fingerprint density at radius 1 is 1.11 bits per heavy atom. The zero-order valence-electron chi connectivity index (χ0n) is 21.1. The van der Waals surface area contributed by atoms with E-state index >= 15 is 0 Å². The molecule has 2 aromatic carbocycles. The van der Waals surface area contributed by atoms with Crippen LogP contribution in [0, 0.1) is 12.7 Å². The maximum atomic E-state index is 13.3. The lowest BCUT2D eigenvalue weighted by Crippen LogP contribution is -2.36. The maximum Gasteiger partial charge on any atom is 0.296 e. The number of hydrogen-bond donors (Lipinski definition) is 1. The predicted molar refractivity (Wildman–Crippen MR) is 140 cm³/mol. The third-order valence-electron chi connectivity index (χ3n) is 6.11. The molecule has 4 rings (SSSR count). The van der Waals surface area contributed by atoms with Crippen LogP contribution in [0.2, 0.25) is 0 Å². The molecule has 0 spiro atoms. The van der Waals surface area contributed by atoms with E-state index in [1.807, 2.05) is 56.3 Å². The van der Waals surface area contributed by atoms with Crippen molar-refractivity contribution < 1.29 is 23.9 Å².